The molecular weight excluding hydrogens is 430 g/mol. The molecule has 1 amide bonds. The Kier molecular flexibility index (Phi) is 6.42. The Labute approximate surface area is 189 Å². The molecule has 0 aliphatic carbocycles. The number of nitrogens with one attached hydrogen (secondary N) is 1. The molecule has 0 aliphatic heterocycles. The van der Waals surface area contributed by atoms with Crippen LogP contribution in [-0.2, 0) is 9.53 Å². The number of fused-ring (bicyclic) bond motifs is 1. The Bertz CT molecular complexity index is 1250. The number of esters is 1. The molecule has 0 aliphatic rings. The average molecular weight is 450 g/mol. The number of anilines is 1. The number of carbonyl (C=O) groups excluding carboxylic acids is 2. The topological polar surface area (TPSA) is 77.8 Å². The maximum atomic E-state index is 12.7. The maximum Gasteiger partial charge on any atom is 0.342 e. The highest BCUT2D eigenvalue weighted by atomic mass is 35.5. The molecule has 1 heterocycles. The van der Waals surface area contributed by atoms with Gasteiger partial charge in [-0.3, -0.25) is 4.79 Å². The third-order valence-electron chi connectivity index (χ3n) is 4.67. The molecule has 0 fully saturated rings. The summed E-state index contributed by atoms with van der Waals surface area (Å²) in [6.45, 7) is 1.78. The maximum absolute atomic E-state index is 12.7. The first kappa shape index (κ1) is 21.5. The number of benzene rings is 3. The molecule has 7 heteroatoms. The van der Waals surface area contributed by atoms with Gasteiger partial charge < -0.3 is 19.2 Å². The van der Waals surface area contributed by atoms with E-state index in [0.29, 0.717) is 38.8 Å². The van der Waals surface area contributed by atoms with Gasteiger partial charge >= 0.3 is 5.97 Å². The third kappa shape index (κ3) is 4.76. The summed E-state index contributed by atoms with van der Waals surface area (Å²) in [6, 6.07) is 21.2. The summed E-state index contributed by atoms with van der Waals surface area (Å²) in [4.78, 5) is 24.9. The van der Waals surface area contributed by atoms with Crippen molar-refractivity contribution in [3.05, 3.63) is 83.4 Å². The van der Waals surface area contributed by atoms with Crippen LogP contribution in [0, 0.1) is 0 Å². The van der Waals surface area contributed by atoms with E-state index in [4.69, 9.17) is 25.5 Å². The minimum absolute atomic E-state index is 0.202. The standard InChI is InChI=1S/C25H20ClNO5/c1-2-30-25(29)23-20-14-19(31-15-22(28)27-18-10-8-17(26)9-11-18)12-13-21(20)32-24(23)16-6-4-3-5-7-16/h3-14H,2,15H2,1H3,(H,27,28). The molecule has 4 rings (SSSR count). The van der Waals surface area contributed by atoms with E-state index in [1.807, 2.05) is 30.3 Å². The Morgan fingerprint density at radius 2 is 1.75 bits per heavy atom. The number of carbonyl (C=O) groups is 2. The van der Waals surface area contributed by atoms with Crippen molar-refractivity contribution in [2.24, 2.45) is 0 Å². The summed E-state index contributed by atoms with van der Waals surface area (Å²) in [5.74, 6) is 0.0457. The van der Waals surface area contributed by atoms with Crippen LogP contribution in [0.1, 0.15) is 17.3 Å². The van der Waals surface area contributed by atoms with E-state index >= 15 is 0 Å². The highest BCUT2D eigenvalue weighted by Gasteiger charge is 2.23. The summed E-state index contributed by atoms with van der Waals surface area (Å²) in [5, 5.41) is 3.87. The van der Waals surface area contributed by atoms with Gasteiger partial charge in [-0.15, -0.1) is 0 Å². The molecule has 0 radical (unpaired) electrons. The van der Waals surface area contributed by atoms with Crippen molar-refractivity contribution in [1.82, 2.24) is 0 Å². The van der Waals surface area contributed by atoms with Crippen LogP contribution in [0.2, 0.25) is 5.02 Å². The molecule has 0 bridgehead atoms. The Hall–Kier alpha value is -3.77. The number of furan rings is 1. The van der Waals surface area contributed by atoms with Gasteiger partial charge in [0.2, 0.25) is 0 Å². The summed E-state index contributed by atoms with van der Waals surface area (Å²) in [6.07, 6.45) is 0. The molecule has 4 aromatic rings. The number of amides is 1. The van der Waals surface area contributed by atoms with Crippen LogP contribution in [0.25, 0.3) is 22.3 Å². The van der Waals surface area contributed by atoms with E-state index in [1.54, 1.807) is 49.4 Å². The van der Waals surface area contributed by atoms with Gasteiger partial charge in [0.15, 0.2) is 6.61 Å². The summed E-state index contributed by atoms with van der Waals surface area (Å²) in [5.41, 5.74) is 2.22. The minimum Gasteiger partial charge on any atom is -0.484 e. The number of halogens is 1. The number of ether oxygens (including phenoxy) is 2. The van der Waals surface area contributed by atoms with Crippen LogP contribution in [-0.4, -0.2) is 25.1 Å². The zero-order valence-electron chi connectivity index (χ0n) is 17.3. The van der Waals surface area contributed by atoms with Crippen LogP contribution in [0.15, 0.2) is 77.2 Å². The third-order valence-corrected chi connectivity index (χ3v) is 4.92. The molecular formula is C25H20ClNO5. The molecule has 0 unspecified atom stereocenters. The summed E-state index contributed by atoms with van der Waals surface area (Å²) in [7, 11) is 0. The summed E-state index contributed by atoms with van der Waals surface area (Å²) < 4.78 is 16.9. The van der Waals surface area contributed by atoms with Crippen molar-refractivity contribution in [1.29, 1.82) is 0 Å². The molecule has 32 heavy (non-hydrogen) atoms. The van der Waals surface area contributed by atoms with Gasteiger partial charge in [0.25, 0.3) is 5.91 Å². The fraction of sp³-hybridized carbons (Fsp3) is 0.120. The number of rotatable bonds is 7. The molecule has 6 nitrogen and oxygen atoms in total. The van der Waals surface area contributed by atoms with Gasteiger partial charge in [-0.2, -0.15) is 0 Å². The summed E-state index contributed by atoms with van der Waals surface area (Å²) >= 11 is 5.85. The van der Waals surface area contributed by atoms with Crippen LogP contribution >= 0.6 is 11.6 Å². The highest BCUT2D eigenvalue weighted by molar-refractivity contribution is 6.30. The SMILES string of the molecule is CCOC(=O)c1c(-c2ccccc2)oc2ccc(OCC(=O)Nc3ccc(Cl)cc3)cc12. The van der Waals surface area contributed by atoms with Crippen molar-refractivity contribution < 1.29 is 23.5 Å². The predicted octanol–water partition coefficient (Wildman–Crippen LogP) is 5.95. The second kappa shape index (κ2) is 9.58. The van der Waals surface area contributed by atoms with Gasteiger partial charge in [0.05, 0.1) is 6.61 Å². The lowest BCUT2D eigenvalue weighted by Crippen LogP contribution is -2.20. The van der Waals surface area contributed by atoms with Gasteiger partial charge in [0.1, 0.15) is 22.7 Å². The van der Waals surface area contributed by atoms with Gasteiger partial charge in [0, 0.05) is 21.7 Å². The van der Waals surface area contributed by atoms with Crippen molar-refractivity contribution >= 4 is 40.1 Å². The predicted molar refractivity (Wildman–Crippen MR) is 123 cm³/mol. The van der Waals surface area contributed by atoms with E-state index in [9.17, 15) is 9.59 Å². The van der Waals surface area contributed by atoms with E-state index in [2.05, 4.69) is 5.32 Å². The molecule has 0 spiro atoms. The van der Waals surface area contributed by atoms with Crippen LogP contribution < -0.4 is 10.1 Å². The van der Waals surface area contributed by atoms with Crippen molar-refractivity contribution in [2.45, 2.75) is 6.92 Å². The lowest BCUT2D eigenvalue weighted by molar-refractivity contribution is -0.118. The van der Waals surface area contributed by atoms with E-state index in [0.717, 1.165) is 5.56 Å². The first-order chi connectivity index (χ1) is 15.5. The minimum atomic E-state index is -0.484. The monoisotopic (exact) mass is 449 g/mol. The zero-order chi connectivity index (χ0) is 22.5. The van der Waals surface area contributed by atoms with Crippen molar-refractivity contribution in [2.75, 3.05) is 18.5 Å². The fourth-order valence-electron chi connectivity index (χ4n) is 3.24. The largest absolute Gasteiger partial charge is 0.484 e. The molecule has 0 saturated carbocycles. The van der Waals surface area contributed by atoms with Crippen LogP contribution in [0.3, 0.4) is 0 Å². The number of hydrogen-bond donors (Lipinski definition) is 1. The molecule has 162 valence electrons. The van der Waals surface area contributed by atoms with Crippen molar-refractivity contribution in [3.8, 4) is 17.1 Å². The fourth-order valence-corrected chi connectivity index (χ4v) is 3.37. The average Bonchev–Trinajstić information content (AvgIpc) is 3.19. The molecule has 0 saturated heterocycles. The van der Waals surface area contributed by atoms with Crippen LogP contribution in [0.5, 0.6) is 5.75 Å². The second-order valence-corrected chi connectivity index (χ2v) is 7.33. The smallest absolute Gasteiger partial charge is 0.342 e. The lowest BCUT2D eigenvalue weighted by atomic mass is 10.1. The lowest BCUT2D eigenvalue weighted by Gasteiger charge is -2.08. The normalized spacial score (nSPS) is 10.7. The van der Waals surface area contributed by atoms with E-state index < -0.39 is 5.97 Å². The van der Waals surface area contributed by atoms with Crippen molar-refractivity contribution in [3.63, 3.8) is 0 Å². The zero-order valence-corrected chi connectivity index (χ0v) is 18.0. The molecule has 1 aromatic heterocycles. The van der Waals surface area contributed by atoms with Gasteiger partial charge in [-0.1, -0.05) is 41.9 Å². The Morgan fingerprint density at radius 3 is 2.47 bits per heavy atom. The molecule has 0 atom stereocenters. The molecule has 3 aromatic carbocycles. The number of hydrogen-bond acceptors (Lipinski definition) is 5. The Balaban J connectivity index is 1.58. The van der Waals surface area contributed by atoms with Gasteiger partial charge in [-0.25, -0.2) is 4.79 Å². The van der Waals surface area contributed by atoms with E-state index in [1.165, 1.54) is 0 Å². The first-order valence-corrected chi connectivity index (χ1v) is 10.4. The Morgan fingerprint density at radius 1 is 1.00 bits per heavy atom. The quantitative estimate of drug-likeness (QED) is 0.353. The van der Waals surface area contributed by atoms with E-state index in [-0.39, 0.29) is 19.1 Å². The van der Waals surface area contributed by atoms with Gasteiger partial charge in [-0.05, 0) is 49.4 Å². The second-order valence-electron chi connectivity index (χ2n) is 6.89. The molecule has 1 N–H and O–H groups in total. The first-order valence-electron chi connectivity index (χ1n) is 10.0. The highest BCUT2D eigenvalue weighted by Crippen LogP contribution is 2.36. The van der Waals surface area contributed by atoms with Crippen LogP contribution in [0.4, 0.5) is 5.69 Å².